The summed E-state index contributed by atoms with van der Waals surface area (Å²) in [6.45, 7) is 3.36. The molecule has 0 radical (unpaired) electrons. The van der Waals surface area contributed by atoms with Crippen LogP contribution < -0.4 is 4.90 Å². The summed E-state index contributed by atoms with van der Waals surface area (Å²) < 4.78 is 0. The molecule has 1 aromatic rings. The van der Waals surface area contributed by atoms with E-state index in [0.29, 0.717) is 18.9 Å². The normalized spacial score (nSPS) is 24.3. The fourth-order valence-electron chi connectivity index (χ4n) is 4.14. The number of likely N-dealkylation sites (tertiary alicyclic amines) is 1. The second kappa shape index (κ2) is 8.01. The summed E-state index contributed by atoms with van der Waals surface area (Å²) >= 11 is 0. The molecule has 1 saturated heterocycles. The van der Waals surface area contributed by atoms with E-state index in [1.165, 1.54) is 0 Å². The van der Waals surface area contributed by atoms with Crippen LogP contribution in [-0.2, 0) is 9.59 Å². The van der Waals surface area contributed by atoms with Crippen molar-refractivity contribution in [1.82, 2.24) is 15.1 Å². The molecule has 2 heterocycles. The van der Waals surface area contributed by atoms with Crippen molar-refractivity contribution < 1.29 is 14.7 Å². The number of hydrogen-bond acceptors (Lipinski definition) is 5. The molecule has 1 amide bonds. The number of nitrogens with zero attached hydrogens (tertiary/aromatic N) is 4. The molecule has 26 heavy (non-hydrogen) atoms. The molecule has 1 aromatic heterocycles. The van der Waals surface area contributed by atoms with Crippen LogP contribution in [-0.4, -0.2) is 58.3 Å². The van der Waals surface area contributed by atoms with Crippen molar-refractivity contribution in [2.24, 2.45) is 11.8 Å². The minimum atomic E-state index is -0.762. The molecular weight excluding hydrogens is 332 g/mol. The summed E-state index contributed by atoms with van der Waals surface area (Å²) in [5.41, 5.74) is 0.898. The number of carboxylic acids is 1. The van der Waals surface area contributed by atoms with E-state index in [9.17, 15) is 14.7 Å². The zero-order valence-electron chi connectivity index (χ0n) is 15.6. The summed E-state index contributed by atoms with van der Waals surface area (Å²) in [5, 5.41) is 17.6. The zero-order chi connectivity index (χ0) is 18.7. The molecule has 0 spiro atoms. The van der Waals surface area contributed by atoms with Gasteiger partial charge in [-0.2, -0.15) is 5.10 Å². The van der Waals surface area contributed by atoms with Crippen LogP contribution in [0.5, 0.6) is 0 Å². The highest BCUT2D eigenvalue weighted by atomic mass is 16.4. The van der Waals surface area contributed by atoms with Crippen molar-refractivity contribution in [3.63, 3.8) is 0 Å². The largest absolute Gasteiger partial charge is 0.481 e. The Morgan fingerprint density at radius 2 is 1.81 bits per heavy atom. The molecule has 7 nitrogen and oxygen atoms in total. The molecule has 1 aliphatic carbocycles. The van der Waals surface area contributed by atoms with E-state index in [1.807, 2.05) is 31.0 Å². The summed E-state index contributed by atoms with van der Waals surface area (Å²) in [4.78, 5) is 28.1. The maximum atomic E-state index is 12.8. The SMILES string of the molecule is Cc1ccc(N(C)C2CCN(C(=O)C3CCCC(C(=O)O)C3)CC2)nn1. The third-order valence-electron chi connectivity index (χ3n) is 5.84. The number of carbonyl (C=O) groups excluding carboxylic acids is 1. The Kier molecular flexibility index (Phi) is 5.74. The van der Waals surface area contributed by atoms with Crippen LogP contribution in [0.3, 0.4) is 0 Å². The molecule has 0 bridgehead atoms. The number of carboxylic acid groups (broad SMARTS) is 1. The lowest BCUT2D eigenvalue weighted by Gasteiger charge is -2.39. The average molecular weight is 360 g/mol. The van der Waals surface area contributed by atoms with Crippen LogP contribution in [0.1, 0.15) is 44.2 Å². The van der Waals surface area contributed by atoms with E-state index in [-0.39, 0.29) is 17.7 Å². The number of aromatic nitrogens is 2. The first-order valence-electron chi connectivity index (χ1n) is 9.50. The molecule has 3 rings (SSSR count). The van der Waals surface area contributed by atoms with Crippen LogP contribution in [0.15, 0.2) is 12.1 Å². The molecule has 1 saturated carbocycles. The number of rotatable bonds is 4. The summed E-state index contributed by atoms with van der Waals surface area (Å²) in [6, 6.07) is 4.28. The van der Waals surface area contributed by atoms with Crippen molar-refractivity contribution in [1.29, 1.82) is 0 Å². The Labute approximate surface area is 154 Å². The van der Waals surface area contributed by atoms with Crippen LogP contribution in [0.2, 0.25) is 0 Å². The number of carbonyl (C=O) groups is 2. The maximum Gasteiger partial charge on any atom is 0.306 e. The maximum absolute atomic E-state index is 12.8. The highest BCUT2D eigenvalue weighted by Crippen LogP contribution is 2.31. The molecule has 142 valence electrons. The van der Waals surface area contributed by atoms with Gasteiger partial charge in [-0.15, -0.1) is 5.10 Å². The van der Waals surface area contributed by atoms with Crippen LogP contribution in [0.25, 0.3) is 0 Å². The van der Waals surface area contributed by atoms with Gasteiger partial charge in [-0.1, -0.05) is 6.42 Å². The van der Waals surface area contributed by atoms with Crippen molar-refractivity contribution in [3.8, 4) is 0 Å². The third kappa shape index (κ3) is 4.14. The Hall–Kier alpha value is -2.18. The van der Waals surface area contributed by atoms with Gasteiger partial charge in [0.1, 0.15) is 0 Å². The van der Waals surface area contributed by atoms with Gasteiger partial charge in [0.15, 0.2) is 5.82 Å². The van der Waals surface area contributed by atoms with Crippen LogP contribution in [0, 0.1) is 18.8 Å². The molecular formula is C19H28N4O3. The number of piperidine rings is 1. The van der Waals surface area contributed by atoms with Crippen molar-refractivity contribution >= 4 is 17.7 Å². The monoisotopic (exact) mass is 360 g/mol. The van der Waals surface area contributed by atoms with Crippen LogP contribution in [0.4, 0.5) is 5.82 Å². The van der Waals surface area contributed by atoms with E-state index >= 15 is 0 Å². The van der Waals surface area contributed by atoms with Gasteiger partial charge >= 0.3 is 5.97 Å². The first-order valence-corrected chi connectivity index (χ1v) is 9.50. The number of aryl methyl sites for hydroxylation is 1. The highest BCUT2D eigenvalue weighted by molar-refractivity contribution is 5.80. The lowest BCUT2D eigenvalue weighted by atomic mass is 9.80. The predicted octanol–water partition coefficient (Wildman–Crippen LogP) is 2.10. The van der Waals surface area contributed by atoms with Crippen LogP contribution >= 0.6 is 0 Å². The van der Waals surface area contributed by atoms with E-state index in [4.69, 9.17) is 0 Å². The van der Waals surface area contributed by atoms with Gasteiger partial charge in [0.25, 0.3) is 0 Å². The Bertz CT molecular complexity index is 641. The van der Waals surface area contributed by atoms with E-state index in [1.54, 1.807) is 0 Å². The number of amides is 1. The topological polar surface area (TPSA) is 86.6 Å². The molecule has 2 fully saturated rings. The van der Waals surface area contributed by atoms with Gasteiger partial charge in [0.05, 0.1) is 11.6 Å². The number of anilines is 1. The minimum Gasteiger partial charge on any atom is -0.481 e. The Morgan fingerprint density at radius 1 is 1.12 bits per heavy atom. The standard InChI is InChI=1S/C19H28N4O3/c1-13-6-7-17(21-20-13)22(2)16-8-10-23(11-9-16)18(24)14-4-3-5-15(12-14)19(25)26/h6-7,14-16H,3-5,8-12H2,1-2H3,(H,25,26). The summed E-state index contributed by atoms with van der Waals surface area (Å²) in [6.07, 6.45) is 4.64. The first-order chi connectivity index (χ1) is 12.5. The van der Waals surface area contributed by atoms with Gasteiger partial charge in [-0.25, -0.2) is 0 Å². The summed E-state index contributed by atoms with van der Waals surface area (Å²) in [7, 11) is 2.03. The van der Waals surface area contributed by atoms with E-state index < -0.39 is 5.97 Å². The second-order valence-electron chi connectivity index (χ2n) is 7.60. The van der Waals surface area contributed by atoms with Gasteiger partial charge in [-0.3, -0.25) is 9.59 Å². The van der Waals surface area contributed by atoms with Gasteiger partial charge in [-0.05, 0) is 51.2 Å². The minimum absolute atomic E-state index is 0.123. The Morgan fingerprint density at radius 3 is 2.42 bits per heavy atom. The highest BCUT2D eigenvalue weighted by Gasteiger charge is 2.35. The zero-order valence-corrected chi connectivity index (χ0v) is 15.6. The average Bonchev–Trinajstić information content (AvgIpc) is 2.67. The lowest BCUT2D eigenvalue weighted by molar-refractivity contribution is -0.145. The molecule has 2 aliphatic rings. The molecule has 1 aliphatic heterocycles. The lowest BCUT2D eigenvalue weighted by Crippen LogP contribution is -2.48. The smallest absolute Gasteiger partial charge is 0.306 e. The number of aliphatic carboxylic acids is 1. The van der Waals surface area contributed by atoms with Crippen molar-refractivity contribution in [2.45, 2.75) is 51.5 Å². The third-order valence-corrected chi connectivity index (χ3v) is 5.84. The number of hydrogen-bond donors (Lipinski definition) is 1. The molecule has 0 aromatic carbocycles. The van der Waals surface area contributed by atoms with E-state index in [0.717, 1.165) is 50.3 Å². The molecule has 2 unspecified atom stereocenters. The molecule has 2 atom stereocenters. The van der Waals surface area contributed by atoms with Crippen molar-refractivity contribution in [2.75, 3.05) is 25.0 Å². The molecule has 7 heteroatoms. The first kappa shape index (κ1) is 18.6. The molecule has 1 N–H and O–H groups in total. The summed E-state index contributed by atoms with van der Waals surface area (Å²) in [5.74, 6) is -0.241. The predicted molar refractivity (Wildman–Crippen MR) is 97.9 cm³/mol. The van der Waals surface area contributed by atoms with Gasteiger partial charge < -0.3 is 14.9 Å². The van der Waals surface area contributed by atoms with Gasteiger partial charge in [0.2, 0.25) is 5.91 Å². The fourth-order valence-corrected chi connectivity index (χ4v) is 4.14. The Balaban J connectivity index is 1.53. The second-order valence-corrected chi connectivity index (χ2v) is 7.60. The van der Waals surface area contributed by atoms with E-state index in [2.05, 4.69) is 15.1 Å². The van der Waals surface area contributed by atoms with Gasteiger partial charge in [0, 0.05) is 32.1 Å². The fraction of sp³-hybridized carbons (Fsp3) is 0.684. The van der Waals surface area contributed by atoms with Crippen molar-refractivity contribution in [3.05, 3.63) is 17.8 Å². The quantitative estimate of drug-likeness (QED) is 0.885.